The van der Waals surface area contributed by atoms with Crippen LogP contribution in [0.2, 0.25) is 0 Å². The van der Waals surface area contributed by atoms with Crippen molar-refractivity contribution < 1.29 is 17.9 Å². The number of amides is 1. The van der Waals surface area contributed by atoms with Crippen LogP contribution in [0.1, 0.15) is 24.5 Å². The highest BCUT2D eigenvalue weighted by molar-refractivity contribution is 7.92. The van der Waals surface area contributed by atoms with Crippen LogP contribution < -0.4 is 14.4 Å². The van der Waals surface area contributed by atoms with Crippen molar-refractivity contribution in [1.82, 2.24) is 0 Å². The molecule has 6 nitrogen and oxygen atoms in total. The average Bonchev–Trinajstić information content (AvgIpc) is 2.61. The van der Waals surface area contributed by atoms with E-state index in [9.17, 15) is 13.2 Å². The quantitative estimate of drug-likeness (QED) is 0.785. The first-order chi connectivity index (χ1) is 12.6. The van der Waals surface area contributed by atoms with E-state index in [0.29, 0.717) is 17.9 Å². The lowest BCUT2D eigenvalue weighted by atomic mass is 10.1. The van der Waals surface area contributed by atoms with Crippen LogP contribution in [0.3, 0.4) is 0 Å². The summed E-state index contributed by atoms with van der Waals surface area (Å²) >= 11 is 0. The number of anilines is 2. The highest BCUT2D eigenvalue weighted by Crippen LogP contribution is 2.22. The van der Waals surface area contributed by atoms with Crippen molar-refractivity contribution in [2.75, 3.05) is 22.9 Å². The number of hydrogen-bond donors (Lipinski definition) is 1. The van der Waals surface area contributed by atoms with Gasteiger partial charge < -0.3 is 10.1 Å². The predicted octanol–water partition coefficient (Wildman–Crippen LogP) is 3.50. The van der Waals surface area contributed by atoms with E-state index in [2.05, 4.69) is 5.32 Å². The summed E-state index contributed by atoms with van der Waals surface area (Å²) < 4.78 is 30.2. The van der Waals surface area contributed by atoms with E-state index in [0.717, 1.165) is 23.1 Å². The lowest BCUT2D eigenvalue weighted by Crippen LogP contribution is -2.32. The largest absolute Gasteiger partial charge is 0.481 e. The number of hydrogen-bond acceptors (Lipinski definition) is 4. The predicted molar refractivity (Wildman–Crippen MR) is 109 cm³/mol. The smallest absolute Gasteiger partial charge is 0.265 e. The van der Waals surface area contributed by atoms with Gasteiger partial charge in [-0.3, -0.25) is 9.10 Å². The Morgan fingerprint density at radius 1 is 1.15 bits per heavy atom. The van der Waals surface area contributed by atoms with Crippen LogP contribution in [0, 0.1) is 13.8 Å². The van der Waals surface area contributed by atoms with Crippen molar-refractivity contribution in [3.8, 4) is 5.75 Å². The summed E-state index contributed by atoms with van der Waals surface area (Å²) in [4.78, 5) is 12.6. The normalized spacial score (nSPS) is 12.3. The lowest BCUT2D eigenvalue weighted by Gasteiger charge is -2.20. The van der Waals surface area contributed by atoms with E-state index in [-0.39, 0.29) is 5.91 Å². The fraction of sp³-hybridized carbons (Fsp3) is 0.350. The summed E-state index contributed by atoms with van der Waals surface area (Å²) in [5, 5.41) is 2.92. The minimum absolute atomic E-state index is 0.219. The minimum atomic E-state index is -3.32. The third-order valence-electron chi connectivity index (χ3n) is 4.29. The zero-order valence-electron chi connectivity index (χ0n) is 16.3. The highest BCUT2D eigenvalue weighted by Gasteiger charge is 2.20. The number of rotatable bonds is 7. The SMILES string of the molecule is CC[C@@H](Oc1ccc(N(C)S(C)(=O)=O)cc1)C(=O)Nc1cc(C)ccc1C. The van der Waals surface area contributed by atoms with E-state index in [1.807, 2.05) is 39.0 Å². The Hall–Kier alpha value is -2.54. The molecule has 2 aromatic carbocycles. The summed E-state index contributed by atoms with van der Waals surface area (Å²) in [6, 6.07) is 12.5. The van der Waals surface area contributed by atoms with Gasteiger partial charge in [0.25, 0.3) is 5.91 Å². The van der Waals surface area contributed by atoms with E-state index in [1.165, 1.54) is 11.4 Å². The molecule has 0 saturated carbocycles. The Balaban J connectivity index is 2.10. The standard InChI is InChI=1S/C20H26N2O4S/c1-6-19(20(23)21-18-13-14(2)7-8-15(18)3)26-17-11-9-16(10-12-17)22(4)27(5,24)25/h7-13,19H,6H2,1-5H3,(H,21,23)/t19-/m1/s1. The van der Waals surface area contributed by atoms with Crippen molar-refractivity contribution in [3.05, 3.63) is 53.6 Å². The molecule has 0 aromatic heterocycles. The van der Waals surface area contributed by atoms with Gasteiger partial charge in [-0.05, 0) is 61.7 Å². The van der Waals surface area contributed by atoms with Crippen LogP contribution in [0.25, 0.3) is 0 Å². The molecule has 0 saturated heterocycles. The van der Waals surface area contributed by atoms with Crippen LogP contribution in [0.5, 0.6) is 5.75 Å². The van der Waals surface area contributed by atoms with Crippen molar-refractivity contribution >= 4 is 27.3 Å². The molecule has 0 spiro atoms. The third-order valence-corrected chi connectivity index (χ3v) is 5.50. The molecule has 0 aliphatic carbocycles. The van der Waals surface area contributed by atoms with Gasteiger partial charge in [-0.1, -0.05) is 19.1 Å². The van der Waals surface area contributed by atoms with Gasteiger partial charge in [-0.15, -0.1) is 0 Å². The lowest BCUT2D eigenvalue weighted by molar-refractivity contribution is -0.122. The summed E-state index contributed by atoms with van der Waals surface area (Å²) in [5.74, 6) is 0.284. The zero-order chi connectivity index (χ0) is 20.2. The zero-order valence-corrected chi connectivity index (χ0v) is 17.1. The van der Waals surface area contributed by atoms with Crippen LogP contribution in [0.15, 0.2) is 42.5 Å². The second-order valence-electron chi connectivity index (χ2n) is 6.55. The molecule has 146 valence electrons. The molecule has 2 aromatic rings. The fourth-order valence-electron chi connectivity index (χ4n) is 2.50. The molecule has 7 heteroatoms. The molecular formula is C20H26N2O4S. The van der Waals surface area contributed by atoms with Crippen molar-refractivity contribution in [2.24, 2.45) is 0 Å². The molecule has 0 unspecified atom stereocenters. The van der Waals surface area contributed by atoms with Crippen molar-refractivity contribution in [1.29, 1.82) is 0 Å². The number of benzene rings is 2. The number of ether oxygens (including phenoxy) is 1. The van der Waals surface area contributed by atoms with E-state index in [1.54, 1.807) is 24.3 Å². The number of carbonyl (C=O) groups is 1. The van der Waals surface area contributed by atoms with Crippen LogP contribution >= 0.6 is 0 Å². The van der Waals surface area contributed by atoms with Gasteiger partial charge in [0.15, 0.2) is 6.10 Å². The van der Waals surface area contributed by atoms with Gasteiger partial charge in [0.2, 0.25) is 10.0 Å². The van der Waals surface area contributed by atoms with E-state index < -0.39 is 16.1 Å². The Morgan fingerprint density at radius 2 is 1.78 bits per heavy atom. The maximum Gasteiger partial charge on any atom is 0.265 e. The van der Waals surface area contributed by atoms with Crippen LogP contribution in [-0.2, 0) is 14.8 Å². The van der Waals surface area contributed by atoms with Gasteiger partial charge in [0.1, 0.15) is 5.75 Å². The van der Waals surface area contributed by atoms with E-state index >= 15 is 0 Å². The molecule has 0 aliphatic rings. The maximum atomic E-state index is 12.6. The number of aryl methyl sites for hydroxylation is 2. The molecular weight excluding hydrogens is 364 g/mol. The molecule has 0 heterocycles. The first kappa shape index (κ1) is 20.8. The summed E-state index contributed by atoms with van der Waals surface area (Å²) in [6.45, 7) is 5.78. The summed E-state index contributed by atoms with van der Waals surface area (Å²) in [7, 11) is -1.84. The highest BCUT2D eigenvalue weighted by atomic mass is 32.2. The second kappa shape index (κ2) is 8.43. The Kier molecular flexibility index (Phi) is 6.49. The average molecular weight is 391 g/mol. The Labute approximate surface area is 161 Å². The molecule has 1 amide bonds. The van der Waals surface area contributed by atoms with Crippen LogP contribution in [-0.4, -0.2) is 33.7 Å². The molecule has 0 radical (unpaired) electrons. The topological polar surface area (TPSA) is 75.7 Å². The van der Waals surface area contributed by atoms with Crippen molar-refractivity contribution in [3.63, 3.8) is 0 Å². The third kappa shape index (κ3) is 5.47. The number of carbonyl (C=O) groups excluding carboxylic acids is 1. The number of nitrogens with zero attached hydrogens (tertiary/aromatic N) is 1. The van der Waals surface area contributed by atoms with Gasteiger partial charge >= 0.3 is 0 Å². The molecule has 0 fully saturated rings. The molecule has 2 rings (SSSR count). The van der Waals surface area contributed by atoms with Gasteiger partial charge in [-0.2, -0.15) is 0 Å². The minimum Gasteiger partial charge on any atom is -0.481 e. The fourth-order valence-corrected chi connectivity index (χ4v) is 3.00. The summed E-state index contributed by atoms with van der Waals surface area (Å²) in [6.07, 6.45) is 0.993. The molecule has 0 aliphatic heterocycles. The Bertz CT molecular complexity index is 908. The molecule has 0 bridgehead atoms. The molecule has 1 N–H and O–H groups in total. The first-order valence-electron chi connectivity index (χ1n) is 8.70. The number of sulfonamides is 1. The van der Waals surface area contributed by atoms with Gasteiger partial charge in [-0.25, -0.2) is 8.42 Å². The maximum absolute atomic E-state index is 12.6. The molecule has 27 heavy (non-hydrogen) atoms. The second-order valence-corrected chi connectivity index (χ2v) is 8.56. The van der Waals surface area contributed by atoms with Crippen LogP contribution in [0.4, 0.5) is 11.4 Å². The number of nitrogens with one attached hydrogen (secondary N) is 1. The van der Waals surface area contributed by atoms with E-state index in [4.69, 9.17) is 4.74 Å². The van der Waals surface area contributed by atoms with Gasteiger partial charge in [0, 0.05) is 12.7 Å². The first-order valence-corrected chi connectivity index (χ1v) is 10.6. The summed E-state index contributed by atoms with van der Waals surface area (Å²) in [5.41, 5.74) is 3.34. The van der Waals surface area contributed by atoms with Gasteiger partial charge in [0.05, 0.1) is 11.9 Å². The Morgan fingerprint density at radius 3 is 2.33 bits per heavy atom. The monoisotopic (exact) mass is 390 g/mol. The van der Waals surface area contributed by atoms with Crippen molar-refractivity contribution in [2.45, 2.75) is 33.3 Å². The molecule has 1 atom stereocenters.